The number of rotatable bonds is 4. The second-order valence-corrected chi connectivity index (χ2v) is 6.20. The summed E-state index contributed by atoms with van der Waals surface area (Å²) >= 11 is 1.13. The lowest BCUT2D eigenvalue weighted by Crippen LogP contribution is -2.19. The average Bonchev–Trinajstić information content (AvgIpc) is 2.74. The zero-order chi connectivity index (χ0) is 12.5. The van der Waals surface area contributed by atoms with Crippen LogP contribution in [0.15, 0.2) is 54.2 Å². The molecule has 0 atom stereocenters. The van der Waals surface area contributed by atoms with Crippen LogP contribution in [0.2, 0.25) is 0 Å². The first kappa shape index (κ1) is 14.4. The average molecular weight is 284 g/mol. The fraction of sp³-hybridized carbons (Fsp3) is 0. The molecule has 0 fully saturated rings. The Balaban J connectivity index is 0.00000162. The van der Waals surface area contributed by atoms with Crippen molar-refractivity contribution in [2.24, 2.45) is 0 Å². The molecule has 5 nitrogen and oxygen atoms in total. The molecule has 0 unspecified atom stereocenters. The van der Waals surface area contributed by atoms with Crippen LogP contribution in [0, 0.1) is 0 Å². The number of fused-ring (bicyclic) bond motifs is 1. The molecule has 2 aromatic rings. The van der Waals surface area contributed by atoms with Crippen LogP contribution in [0.3, 0.4) is 0 Å². The van der Waals surface area contributed by atoms with Gasteiger partial charge in [0, 0.05) is 12.4 Å². The Hall–Kier alpha value is -1.70. The largest absolute Gasteiger partial charge is 0.412 e. The van der Waals surface area contributed by atoms with Crippen LogP contribution in [-0.2, 0) is 10.0 Å². The molecule has 0 aliphatic rings. The van der Waals surface area contributed by atoms with Gasteiger partial charge in [-0.25, -0.2) is 9.29 Å². The second kappa shape index (κ2) is 5.30. The molecule has 1 heterocycles. The Morgan fingerprint density at radius 3 is 2.39 bits per heavy atom. The first-order valence-electron chi connectivity index (χ1n) is 4.74. The maximum Gasteiger partial charge on any atom is 0.294 e. The van der Waals surface area contributed by atoms with E-state index in [2.05, 4.69) is 18.1 Å². The molecule has 0 radical (unpaired) electrons. The van der Waals surface area contributed by atoms with Crippen molar-refractivity contribution in [2.75, 3.05) is 0 Å². The van der Waals surface area contributed by atoms with Gasteiger partial charge in [0.05, 0.1) is 10.2 Å². The molecule has 0 spiro atoms. The van der Waals surface area contributed by atoms with Crippen molar-refractivity contribution in [3.63, 3.8) is 0 Å². The maximum atomic E-state index is 12.1. The summed E-state index contributed by atoms with van der Waals surface area (Å²) in [5.41, 5.74) is 0.671. The molecule has 96 valence electrons. The van der Waals surface area contributed by atoms with Crippen molar-refractivity contribution >= 4 is 31.6 Å². The lowest BCUT2D eigenvalue weighted by Gasteiger charge is -2.11. The second-order valence-electron chi connectivity index (χ2n) is 3.15. The number of sulfonamides is 1. The number of hydrogen-bond donors (Lipinski definition) is 0. The van der Waals surface area contributed by atoms with Crippen molar-refractivity contribution in [2.45, 2.75) is 4.34 Å². The summed E-state index contributed by atoms with van der Waals surface area (Å²) < 4.78 is 26.0. The minimum Gasteiger partial charge on any atom is -0.412 e. The van der Waals surface area contributed by atoms with Gasteiger partial charge in [0.2, 0.25) is 4.34 Å². The van der Waals surface area contributed by atoms with Crippen LogP contribution in [0.1, 0.15) is 0 Å². The SMILES string of the molecule is C=CN(C=C)S(=O)(=O)c1nc2ccccc2s1.O. The van der Waals surface area contributed by atoms with E-state index < -0.39 is 10.0 Å². The number of nitrogens with zero attached hydrogens (tertiary/aromatic N) is 2. The molecule has 1 aromatic carbocycles. The molecule has 2 rings (SSSR count). The third kappa shape index (κ3) is 2.28. The predicted molar refractivity (Wildman–Crippen MR) is 72.7 cm³/mol. The topological polar surface area (TPSA) is 81.8 Å². The summed E-state index contributed by atoms with van der Waals surface area (Å²) in [6.45, 7) is 6.86. The highest BCUT2D eigenvalue weighted by molar-refractivity contribution is 7.91. The summed E-state index contributed by atoms with van der Waals surface area (Å²) in [5.74, 6) is 0. The van der Waals surface area contributed by atoms with Gasteiger partial charge < -0.3 is 5.48 Å². The van der Waals surface area contributed by atoms with Gasteiger partial charge in [0.1, 0.15) is 0 Å². The first-order chi connectivity index (χ1) is 8.09. The van der Waals surface area contributed by atoms with E-state index in [1.807, 2.05) is 18.2 Å². The minimum atomic E-state index is -3.66. The van der Waals surface area contributed by atoms with Gasteiger partial charge in [-0.3, -0.25) is 0 Å². The quantitative estimate of drug-likeness (QED) is 0.857. The first-order valence-corrected chi connectivity index (χ1v) is 6.99. The van der Waals surface area contributed by atoms with Crippen molar-refractivity contribution in [3.8, 4) is 0 Å². The van der Waals surface area contributed by atoms with Crippen molar-refractivity contribution in [3.05, 3.63) is 49.8 Å². The molecular weight excluding hydrogens is 272 g/mol. The zero-order valence-corrected chi connectivity index (χ0v) is 11.0. The van der Waals surface area contributed by atoms with E-state index in [1.165, 1.54) is 12.4 Å². The van der Waals surface area contributed by atoms with Gasteiger partial charge in [-0.1, -0.05) is 25.3 Å². The molecule has 0 saturated heterocycles. The minimum absolute atomic E-state index is 0. The Labute approximate surface area is 109 Å². The molecule has 0 amide bonds. The fourth-order valence-electron chi connectivity index (χ4n) is 1.32. The van der Waals surface area contributed by atoms with Crippen LogP contribution in [0.4, 0.5) is 0 Å². The highest BCUT2D eigenvalue weighted by Gasteiger charge is 2.23. The van der Waals surface area contributed by atoms with Crippen LogP contribution < -0.4 is 0 Å². The lowest BCUT2D eigenvalue weighted by molar-refractivity contribution is 0.553. The molecule has 2 N–H and O–H groups in total. The summed E-state index contributed by atoms with van der Waals surface area (Å²) in [5, 5.41) is 0. The van der Waals surface area contributed by atoms with Crippen molar-refractivity contribution in [1.82, 2.24) is 9.29 Å². The van der Waals surface area contributed by atoms with Gasteiger partial charge >= 0.3 is 0 Å². The van der Waals surface area contributed by atoms with Crippen molar-refractivity contribution < 1.29 is 13.9 Å². The number of para-hydroxylation sites is 1. The third-order valence-electron chi connectivity index (χ3n) is 2.13. The highest BCUT2D eigenvalue weighted by Crippen LogP contribution is 2.27. The molecular formula is C11H12N2O3S2. The summed E-state index contributed by atoms with van der Waals surface area (Å²) in [4.78, 5) is 4.09. The predicted octanol–water partition coefficient (Wildman–Crippen LogP) is 1.75. The van der Waals surface area contributed by atoms with Crippen LogP contribution >= 0.6 is 11.3 Å². The zero-order valence-electron chi connectivity index (χ0n) is 9.41. The lowest BCUT2D eigenvalue weighted by atomic mass is 10.3. The fourth-order valence-corrected chi connectivity index (χ4v) is 3.75. The van der Waals surface area contributed by atoms with Gasteiger partial charge in [-0.15, -0.1) is 11.3 Å². The summed E-state index contributed by atoms with van der Waals surface area (Å²) in [7, 11) is -3.66. The van der Waals surface area contributed by atoms with E-state index in [4.69, 9.17) is 0 Å². The summed E-state index contributed by atoms with van der Waals surface area (Å²) in [6.07, 6.45) is 2.38. The van der Waals surface area contributed by atoms with E-state index in [0.29, 0.717) is 5.52 Å². The number of thiazole rings is 1. The summed E-state index contributed by atoms with van der Waals surface area (Å²) in [6, 6.07) is 7.27. The molecule has 0 bridgehead atoms. The van der Waals surface area contributed by atoms with Gasteiger partial charge in [0.15, 0.2) is 0 Å². The smallest absolute Gasteiger partial charge is 0.294 e. The normalized spacial score (nSPS) is 10.7. The van der Waals surface area contributed by atoms with E-state index in [9.17, 15) is 8.42 Å². The van der Waals surface area contributed by atoms with Gasteiger partial charge in [-0.2, -0.15) is 8.42 Å². The monoisotopic (exact) mass is 284 g/mol. The van der Waals surface area contributed by atoms with E-state index >= 15 is 0 Å². The van der Waals surface area contributed by atoms with E-state index in [1.54, 1.807) is 6.07 Å². The number of benzene rings is 1. The number of aromatic nitrogens is 1. The van der Waals surface area contributed by atoms with Crippen LogP contribution in [0.25, 0.3) is 10.2 Å². The Morgan fingerprint density at radius 2 is 1.83 bits per heavy atom. The van der Waals surface area contributed by atoms with E-state index in [0.717, 1.165) is 20.3 Å². The standard InChI is InChI=1S/C11H10N2O2S2.H2O/c1-3-13(4-2)17(14,15)11-12-9-7-5-6-8-10(9)16-11;/h3-8H,1-2H2;1H2. The third-order valence-corrected chi connectivity index (χ3v) is 5.23. The molecule has 0 aliphatic heterocycles. The van der Waals surface area contributed by atoms with E-state index in [-0.39, 0.29) is 9.82 Å². The maximum absolute atomic E-state index is 12.1. The van der Waals surface area contributed by atoms with Gasteiger partial charge in [0.25, 0.3) is 10.0 Å². The molecule has 7 heteroatoms. The Kier molecular flexibility index (Phi) is 4.23. The Bertz CT molecular complexity index is 635. The molecule has 1 aromatic heterocycles. The Morgan fingerprint density at radius 1 is 1.22 bits per heavy atom. The van der Waals surface area contributed by atoms with Crippen LogP contribution in [0.5, 0.6) is 0 Å². The highest BCUT2D eigenvalue weighted by atomic mass is 32.2. The number of hydrogen-bond acceptors (Lipinski definition) is 4. The molecule has 18 heavy (non-hydrogen) atoms. The van der Waals surface area contributed by atoms with Gasteiger partial charge in [-0.05, 0) is 12.1 Å². The van der Waals surface area contributed by atoms with Crippen LogP contribution in [-0.4, -0.2) is 23.2 Å². The molecule has 0 aliphatic carbocycles. The van der Waals surface area contributed by atoms with Crippen molar-refractivity contribution in [1.29, 1.82) is 0 Å². The molecule has 0 saturated carbocycles.